The highest BCUT2D eigenvalue weighted by molar-refractivity contribution is 5.75. The van der Waals surface area contributed by atoms with E-state index in [9.17, 15) is 4.79 Å². The van der Waals surface area contributed by atoms with Gasteiger partial charge in [-0.1, -0.05) is 31.2 Å². The lowest BCUT2D eigenvalue weighted by Gasteiger charge is -2.23. The highest BCUT2D eigenvalue weighted by Gasteiger charge is 2.14. The number of hydrogen-bond donors (Lipinski definition) is 0. The Hall–Kier alpha value is -2.07. The fraction of sp³-hybridized carbons (Fsp3) is 0.450. The molecule has 0 N–H and O–H groups in total. The zero-order valence-electron chi connectivity index (χ0n) is 15.0. The molecule has 0 unspecified atom stereocenters. The summed E-state index contributed by atoms with van der Waals surface area (Å²) in [5.41, 5.74) is 3.76. The van der Waals surface area contributed by atoms with E-state index < -0.39 is 0 Å². The third-order valence-electron chi connectivity index (χ3n) is 4.31. The van der Waals surface area contributed by atoms with E-state index in [2.05, 4.69) is 54.1 Å². The van der Waals surface area contributed by atoms with Crippen molar-refractivity contribution in [1.29, 1.82) is 0 Å². The molecule has 4 heteroatoms. The number of carbonyl (C=O) groups is 1. The van der Waals surface area contributed by atoms with Crippen LogP contribution in [0.1, 0.15) is 36.6 Å². The predicted octanol–water partition coefficient (Wildman–Crippen LogP) is 3.62. The van der Waals surface area contributed by atoms with E-state index in [-0.39, 0.29) is 5.91 Å². The third-order valence-corrected chi connectivity index (χ3v) is 4.31. The quantitative estimate of drug-likeness (QED) is 0.659. The van der Waals surface area contributed by atoms with Crippen molar-refractivity contribution in [3.8, 4) is 0 Å². The smallest absolute Gasteiger partial charge is 0.222 e. The van der Waals surface area contributed by atoms with Crippen molar-refractivity contribution in [3.05, 3.63) is 59.4 Å². The molecule has 2 rings (SSSR count). The Morgan fingerprint density at radius 1 is 1.21 bits per heavy atom. The van der Waals surface area contributed by atoms with Gasteiger partial charge >= 0.3 is 0 Å². The maximum Gasteiger partial charge on any atom is 0.222 e. The summed E-state index contributed by atoms with van der Waals surface area (Å²) < 4.78 is 7.34. The minimum Gasteiger partial charge on any atom is -0.385 e. The highest BCUT2D eigenvalue weighted by Crippen LogP contribution is 2.14. The molecule has 0 radical (unpaired) electrons. The lowest BCUT2D eigenvalue weighted by molar-refractivity contribution is -0.131. The summed E-state index contributed by atoms with van der Waals surface area (Å²) in [7, 11) is 1.69. The number of rotatable bonds is 9. The van der Waals surface area contributed by atoms with Gasteiger partial charge in [-0.3, -0.25) is 4.79 Å². The molecule has 130 valence electrons. The third kappa shape index (κ3) is 4.96. The molecule has 0 spiro atoms. The summed E-state index contributed by atoms with van der Waals surface area (Å²) in [6.07, 6.45) is 3.48. The topological polar surface area (TPSA) is 34.5 Å². The molecule has 24 heavy (non-hydrogen) atoms. The van der Waals surface area contributed by atoms with Crippen molar-refractivity contribution in [2.24, 2.45) is 0 Å². The van der Waals surface area contributed by atoms with Gasteiger partial charge in [-0.2, -0.15) is 0 Å². The summed E-state index contributed by atoms with van der Waals surface area (Å²) in [5.74, 6) is 0.190. The SMILES string of the molecule is CCC(=O)N(CCCOC)Cc1cccn1Cc1ccccc1C. The molecule has 1 amide bonds. The summed E-state index contributed by atoms with van der Waals surface area (Å²) in [5, 5.41) is 0. The Balaban J connectivity index is 2.09. The van der Waals surface area contributed by atoms with Gasteiger partial charge in [-0.25, -0.2) is 0 Å². The Labute approximate surface area is 145 Å². The number of benzene rings is 1. The Bertz CT molecular complexity index is 649. The average Bonchev–Trinajstić information content (AvgIpc) is 3.02. The van der Waals surface area contributed by atoms with Gasteiger partial charge < -0.3 is 14.2 Å². The number of amides is 1. The fourth-order valence-corrected chi connectivity index (χ4v) is 2.83. The highest BCUT2D eigenvalue weighted by atomic mass is 16.5. The molecule has 4 nitrogen and oxygen atoms in total. The number of hydrogen-bond acceptors (Lipinski definition) is 2. The maximum atomic E-state index is 12.2. The predicted molar refractivity (Wildman–Crippen MR) is 96.9 cm³/mol. The second-order valence-corrected chi connectivity index (χ2v) is 6.07. The largest absolute Gasteiger partial charge is 0.385 e. The van der Waals surface area contributed by atoms with Crippen molar-refractivity contribution < 1.29 is 9.53 Å². The molecule has 1 aromatic heterocycles. The molecule has 1 heterocycles. The average molecular weight is 328 g/mol. The Morgan fingerprint density at radius 3 is 2.71 bits per heavy atom. The molecule has 0 aliphatic rings. The van der Waals surface area contributed by atoms with E-state index in [1.807, 2.05) is 11.8 Å². The molecular formula is C20H28N2O2. The van der Waals surface area contributed by atoms with Gasteiger partial charge in [0, 0.05) is 45.1 Å². The second-order valence-electron chi connectivity index (χ2n) is 6.07. The number of aryl methyl sites for hydroxylation is 1. The molecule has 0 aliphatic heterocycles. The van der Waals surface area contributed by atoms with E-state index >= 15 is 0 Å². The van der Waals surface area contributed by atoms with Crippen LogP contribution in [0.3, 0.4) is 0 Å². The number of nitrogens with zero attached hydrogens (tertiary/aromatic N) is 2. The minimum atomic E-state index is 0.190. The van der Waals surface area contributed by atoms with Gasteiger partial charge in [0.2, 0.25) is 5.91 Å². The summed E-state index contributed by atoms with van der Waals surface area (Å²) >= 11 is 0. The van der Waals surface area contributed by atoms with E-state index in [0.29, 0.717) is 19.6 Å². The van der Waals surface area contributed by atoms with E-state index in [0.717, 1.165) is 25.2 Å². The van der Waals surface area contributed by atoms with Crippen LogP contribution in [-0.4, -0.2) is 35.6 Å². The van der Waals surface area contributed by atoms with Crippen LogP contribution in [0, 0.1) is 6.92 Å². The summed E-state index contributed by atoms with van der Waals surface area (Å²) in [6.45, 7) is 6.94. The van der Waals surface area contributed by atoms with Crippen LogP contribution in [0.25, 0.3) is 0 Å². The van der Waals surface area contributed by atoms with Crippen molar-refractivity contribution >= 4 is 5.91 Å². The van der Waals surface area contributed by atoms with Crippen molar-refractivity contribution in [1.82, 2.24) is 9.47 Å². The van der Waals surface area contributed by atoms with Crippen molar-refractivity contribution in [2.45, 2.75) is 39.8 Å². The van der Waals surface area contributed by atoms with Gasteiger partial charge in [0.15, 0.2) is 0 Å². The first-order valence-corrected chi connectivity index (χ1v) is 8.61. The molecule has 0 atom stereocenters. The molecular weight excluding hydrogens is 300 g/mol. The molecule has 2 aromatic rings. The standard InChI is InChI=1S/C20H28N2O2/c1-4-20(23)22(13-8-14-24-3)16-19-11-7-12-21(19)15-18-10-6-5-9-17(18)2/h5-7,9-12H,4,8,13-16H2,1-3H3. The van der Waals surface area contributed by atoms with Crippen LogP contribution in [0.2, 0.25) is 0 Å². The van der Waals surface area contributed by atoms with Crippen LogP contribution >= 0.6 is 0 Å². The van der Waals surface area contributed by atoms with E-state index in [4.69, 9.17) is 4.74 Å². The fourth-order valence-electron chi connectivity index (χ4n) is 2.83. The maximum absolute atomic E-state index is 12.2. The number of aromatic nitrogens is 1. The van der Waals surface area contributed by atoms with Gasteiger partial charge in [0.25, 0.3) is 0 Å². The normalized spacial score (nSPS) is 10.8. The molecule has 0 saturated carbocycles. The molecule has 1 aromatic carbocycles. The Morgan fingerprint density at radius 2 is 2.00 bits per heavy atom. The van der Waals surface area contributed by atoms with Crippen LogP contribution < -0.4 is 0 Å². The zero-order chi connectivity index (χ0) is 17.4. The first kappa shape index (κ1) is 18.3. The van der Waals surface area contributed by atoms with Crippen molar-refractivity contribution in [3.63, 3.8) is 0 Å². The molecule has 0 bridgehead atoms. The minimum absolute atomic E-state index is 0.190. The summed E-state index contributed by atoms with van der Waals surface area (Å²) in [6, 6.07) is 12.6. The monoisotopic (exact) mass is 328 g/mol. The van der Waals surface area contributed by atoms with Crippen molar-refractivity contribution in [2.75, 3.05) is 20.3 Å². The van der Waals surface area contributed by atoms with E-state index in [1.165, 1.54) is 11.1 Å². The number of methoxy groups -OCH3 is 1. The number of carbonyl (C=O) groups excluding carboxylic acids is 1. The first-order chi connectivity index (χ1) is 11.7. The number of ether oxygens (including phenoxy) is 1. The lowest BCUT2D eigenvalue weighted by atomic mass is 10.1. The lowest BCUT2D eigenvalue weighted by Crippen LogP contribution is -2.32. The van der Waals surface area contributed by atoms with Gasteiger partial charge in [-0.05, 0) is 36.6 Å². The van der Waals surface area contributed by atoms with Gasteiger partial charge in [-0.15, -0.1) is 0 Å². The zero-order valence-corrected chi connectivity index (χ0v) is 15.0. The molecule has 0 fully saturated rings. The van der Waals surface area contributed by atoms with Crippen LogP contribution in [0.15, 0.2) is 42.6 Å². The van der Waals surface area contributed by atoms with Crippen LogP contribution in [0.5, 0.6) is 0 Å². The first-order valence-electron chi connectivity index (χ1n) is 8.61. The summed E-state index contributed by atoms with van der Waals surface area (Å²) in [4.78, 5) is 14.2. The Kier molecular flexibility index (Phi) is 7.07. The second kappa shape index (κ2) is 9.28. The van der Waals surface area contributed by atoms with E-state index in [1.54, 1.807) is 7.11 Å². The molecule has 0 aliphatic carbocycles. The van der Waals surface area contributed by atoms with Crippen LogP contribution in [-0.2, 0) is 22.6 Å². The van der Waals surface area contributed by atoms with Crippen LogP contribution in [0.4, 0.5) is 0 Å². The molecule has 0 saturated heterocycles. The van der Waals surface area contributed by atoms with Gasteiger partial charge in [0.05, 0.1) is 6.54 Å². The van der Waals surface area contributed by atoms with Gasteiger partial charge in [0.1, 0.15) is 0 Å².